The third-order valence-corrected chi connectivity index (χ3v) is 6.35. The zero-order chi connectivity index (χ0) is 25.1. The fraction of sp³-hybridized carbons (Fsp3) is 0.231. The number of thiazole rings is 1. The molecule has 4 rings (SSSR count). The van der Waals surface area contributed by atoms with Crippen LogP contribution in [0.25, 0.3) is 6.08 Å². The molecule has 1 atom stereocenters. The molecule has 0 unspecified atom stereocenters. The number of carbonyl (C=O) groups excluding carboxylic acids is 2. The number of hydrogen-bond donors (Lipinski definition) is 0. The van der Waals surface area contributed by atoms with Crippen LogP contribution in [0.1, 0.15) is 37.9 Å². The van der Waals surface area contributed by atoms with E-state index in [0.29, 0.717) is 37.7 Å². The molecule has 2 heterocycles. The summed E-state index contributed by atoms with van der Waals surface area (Å²) in [4.78, 5) is 43.0. The molecule has 0 N–H and O–H groups in total. The number of para-hydroxylation sites is 1. The Hall–Kier alpha value is -3.98. The van der Waals surface area contributed by atoms with E-state index < -0.39 is 18.0 Å². The smallest absolute Gasteiger partial charge is 0.338 e. The van der Waals surface area contributed by atoms with Gasteiger partial charge in [-0.3, -0.25) is 14.2 Å². The maximum absolute atomic E-state index is 13.7. The van der Waals surface area contributed by atoms with Gasteiger partial charge >= 0.3 is 11.9 Å². The number of methoxy groups -OCH3 is 1. The molecule has 0 bridgehead atoms. The molecule has 2 aromatic carbocycles. The quantitative estimate of drug-likeness (QED) is 0.388. The van der Waals surface area contributed by atoms with Crippen molar-refractivity contribution >= 4 is 29.4 Å². The largest absolute Gasteiger partial charge is 0.496 e. The van der Waals surface area contributed by atoms with E-state index in [-0.39, 0.29) is 17.7 Å². The van der Waals surface area contributed by atoms with E-state index in [9.17, 15) is 14.4 Å². The van der Waals surface area contributed by atoms with E-state index in [0.717, 1.165) is 0 Å². The van der Waals surface area contributed by atoms with Gasteiger partial charge in [0.05, 0.1) is 29.5 Å². The number of nitrogens with zero attached hydrogens (tertiary/aromatic N) is 2. The first-order chi connectivity index (χ1) is 16.8. The molecule has 3 aromatic rings. The third kappa shape index (κ3) is 4.81. The Balaban J connectivity index is 1.93. The van der Waals surface area contributed by atoms with Gasteiger partial charge in [-0.1, -0.05) is 41.7 Å². The summed E-state index contributed by atoms with van der Waals surface area (Å²) in [5.41, 5.74) is 1.79. The van der Waals surface area contributed by atoms with Crippen LogP contribution in [0, 0.1) is 0 Å². The molecule has 0 amide bonds. The van der Waals surface area contributed by atoms with Gasteiger partial charge in [-0.25, -0.2) is 9.79 Å². The van der Waals surface area contributed by atoms with Crippen LogP contribution in [-0.2, 0) is 14.3 Å². The molecular weight excluding hydrogens is 468 g/mol. The van der Waals surface area contributed by atoms with E-state index in [1.807, 2.05) is 18.2 Å². The molecule has 0 aliphatic carbocycles. The fourth-order valence-electron chi connectivity index (χ4n) is 3.96. The Morgan fingerprint density at radius 3 is 2.66 bits per heavy atom. The van der Waals surface area contributed by atoms with Crippen molar-refractivity contribution in [2.75, 3.05) is 13.7 Å². The van der Waals surface area contributed by atoms with E-state index in [2.05, 4.69) is 4.99 Å². The topological polar surface area (TPSA) is 96.2 Å². The third-order valence-electron chi connectivity index (χ3n) is 5.37. The second kappa shape index (κ2) is 10.1. The lowest BCUT2D eigenvalue weighted by molar-refractivity contribution is -0.139. The summed E-state index contributed by atoms with van der Waals surface area (Å²) in [5.74, 6) is -0.0441. The highest BCUT2D eigenvalue weighted by molar-refractivity contribution is 7.07. The molecule has 0 fully saturated rings. The molecule has 35 heavy (non-hydrogen) atoms. The minimum atomic E-state index is -0.768. The number of hydrogen-bond acceptors (Lipinski definition) is 8. The highest BCUT2D eigenvalue weighted by atomic mass is 32.1. The Morgan fingerprint density at radius 2 is 1.94 bits per heavy atom. The van der Waals surface area contributed by atoms with Gasteiger partial charge in [0.15, 0.2) is 4.80 Å². The Labute approximate surface area is 205 Å². The molecule has 180 valence electrons. The normalized spacial score (nSPS) is 15.3. The van der Waals surface area contributed by atoms with Crippen LogP contribution in [0.5, 0.6) is 11.5 Å². The summed E-state index contributed by atoms with van der Waals surface area (Å²) < 4.78 is 18.0. The number of rotatable bonds is 6. The van der Waals surface area contributed by atoms with Gasteiger partial charge in [0, 0.05) is 12.5 Å². The van der Waals surface area contributed by atoms with Gasteiger partial charge in [-0.05, 0) is 43.7 Å². The first-order valence-electron chi connectivity index (χ1n) is 10.9. The zero-order valence-corrected chi connectivity index (χ0v) is 20.5. The first-order valence-corrected chi connectivity index (χ1v) is 11.8. The second-order valence-corrected chi connectivity index (χ2v) is 8.72. The maximum atomic E-state index is 13.7. The van der Waals surface area contributed by atoms with E-state index in [4.69, 9.17) is 14.2 Å². The van der Waals surface area contributed by atoms with E-state index in [1.54, 1.807) is 57.4 Å². The molecule has 1 aromatic heterocycles. The van der Waals surface area contributed by atoms with Crippen LogP contribution in [0.15, 0.2) is 69.6 Å². The molecule has 9 heteroatoms. The highest BCUT2D eigenvalue weighted by Gasteiger charge is 2.34. The highest BCUT2D eigenvalue weighted by Crippen LogP contribution is 2.35. The SMILES string of the molecule is CCOC(=O)C1=C(C)N=c2s/c(=C/c3cccc(OC(C)=O)c3)c(=O)n2[C@@H]1c1ccccc1OC. The van der Waals surface area contributed by atoms with Gasteiger partial charge in [-0.15, -0.1) is 0 Å². The summed E-state index contributed by atoms with van der Waals surface area (Å²) in [6, 6.07) is 13.4. The molecular formula is C26H24N2O6S. The summed E-state index contributed by atoms with van der Waals surface area (Å²) in [7, 11) is 1.54. The van der Waals surface area contributed by atoms with Gasteiger partial charge < -0.3 is 14.2 Å². The number of aromatic nitrogens is 1. The van der Waals surface area contributed by atoms with Crippen molar-refractivity contribution in [3.63, 3.8) is 0 Å². The summed E-state index contributed by atoms with van der Waals surface area (Å²) in [5, 5.41) is 0. The summed E-state index contributed by atoms with van der Waals surface area (Å²) in [6.07, 6.45) is 1.71. The first kappa shape index (κ1) is 24.2. The van der Waals surface area contributed by atoms with Crippen LogP contribution in [0.3, 0.4) is 0 Å². The van der Waals surface area contributed by atoms with Crippen molar-refractivity contribution in [1.82, 2.24) is 4.57 Å². The summed E-state index contributed by atoms with van der Waals surface area (Å²) >= 11 is 1.21. The van der Waals surface area contributed by atoms with Crippen molar-refractivity contribution in [2.45, 2.75) is 26.8 Å². The standard InChI is InChI=1S/C26H24N2O6S/c1-5-33-25(31)22-15(2)27-26-28(23(22)19-11-6-7-12-20(19)32-4)24(30)21(35-26)14-17-9-8-10-18(13-17)34-16(3)29/h6-14,23H,5H2,1-4H3/b21-14+/t23-/m1/s1. The Kier molecular flexibility index (Phi) is 6.97. The minimum absolute atomic E-state index is 0.192. The lowest BCUT2D eigenvalue weighted by Crippen LogP contribution is -2.40. The Morgan fingerprint density at radius 1 is 1.17 bits per heavy atom. The minimum Gasteiger partial charge on any atom is -0.496 e. The number of ether oxygens (including phenoxy) is 3. The summed E-state index contributed by atoms with van der Waals surface area (Å²) in [6.45, 7) is 4.98. The van der Waals surface area contributed by atoms with Crippen molar-refractivity contribution in [3.05, 3.63) is 90.6 Å². The number of allylic oxidation sites excluding steroid dienone is 1. The lowest BCUT2D eigenvalue weighted by atomic mass is 9.95. The number of fused-ring (bicyclic) bond motifs is 1. The molecule has 0 saturated heterocycles. The molecule has 1 aliphatic rings. The van der Waals surface area contributed by atoms with Crippen LogP contribution in [0.4, 0.5) is 0 Å². The van der Waals surface area contributed by atoms with Gasteiger partial charge in [0.25, 0.3) is 5.56 Å². The van der Waals surface area contributed by atoms with Crippen molar-refractivity contribution < 1.29 is 23.8 Å². The number of carbonyl (C=O) groups is 2. The number of esters is 2. The maximum Gasteiger partial charge on any atom is 0.338 e. The zero-order valence-electron chi connectivity index (χ0n) is 19.7. The van der Waals surface area contributed by atoms with Gasteiger partial charge in [0.1, 0.15) is 17.5 Å². The van der Waals surface area contributed by atoms with Crippen LogP contribution >= 0.6 is 11.3 Å². The average Bonchev–Trinajstić information content (AvgIpc) is 3.12. The average molecular weight is 493 g/mol. The predicted molar refractivity (Wildman–Crippen MR) is 131 cm³/mol. The monoisotopic (exact) mass is 492 g/mol. The van der Waals surface area contributed by atoms with Gasteiger partial charge in [0.2, 0.25) is 0 Å². The molecule has 0 radical (unpaired) electrons. The van der Waals surface area contributed by atoms with E-state index in [1.165, 1.54) is 22.8 Å². The predicted octanol–water partition coefficient (Wildman–Crippen LogP) is 2.73. The van der Waals surface area contributed by atoms with Gasteiger partial charge in [-0.2, -0.15) is 0 Å². The Bertz CT molecular complexity index is 1520. The van der Waals surface area contributed by atoms with Crippen LogP contribution in [-0.4, -0.2) is 30.2 Å². The van der Waals surface area contributed by atoms with Crippen molar-refractivity contribution in [3.8, 4) is 11.5 Å². The molecule has 0 spiro atoms. The van der Waals surface area contributed by atoms with Crippen molar-refractivity contribution in [2.24, 2.45) is 4.99 Å². The van der Waals surface area contributed by atoms with Crippen LogP contribution < -0.4 is 24.4 Å². The molecule has 8 nitrogen and oxygen atoms in total. The second-order valence-electron chi connectivity index (χ2n) is 7.71. The van der Waals surface area contributed by atoms with E-state index >= 15 is 0 Å². The molecule has 0 saturated carbocycles. The lowest BCUT2D eigenvalue weighted by Gasteiger charge is -2.25. The fourth-order valence-corrected chi connectivity index (χ4v) is 5.01. The molecule has 1 aliphatic heterocycles. The van der Waals surface area contributed by atoms with Crippen molar-refractivity contribution in [1.29, 1.82) is 0 Å². The number of benzene rings is 2. The van der Waals surface area contributed by atoms with Crippen LogP contribution in [0.2, 0.25) is 0 Å².